The Morgan fingerprint density at radius 3 is 0.919 bits per heavy atom. The van der Waals surface area contributed by atoms with E-state index in [2.05, 4.69) is 224 Å². The van der Waals surface area contributed by atoms with Gasteiger partial charge in [-0.15, -0.1) is 0 Å². The van der Waals surface area contributed by atoms with E-state index in [-0.39, 0.29) is 5.92 Å². The van der Waals surface area contributed by atoms with Crippen molar-refractivity contribution < 1.29 is 0 Å². The molecular formula is C62H40. The summed E-state index contributed by atoms with van der Waals surface area (Å²) in [7, 11) is 0. The molecule has 288 valence electrons. The molecule has 2 fully saturated rings. The molecule has 4 aliphatic carbocycles. The number of hydrogen-bond acceptors (Lipinski definition) is 0. The number of fused-ring (bicyclic) bond motifs is 6. The Kier molecular flexibility index (Phi) is 8.50. The van der Waals surface area contributed by atoms with E-state index in [0.29, 0.717) is 0 Å². The second-order valence-electron chi connectivity index (χ2n) is 16.9. The summed E-state index contributed by atoms with van der Waals surface area (Å²) in [5, 5.41) is 5.30. The van der Waals surface area contributed by atoms with Crippen molar-refractivity contribution in [3.8, 4) is 0 Å². The molecule has 0 amide bonds. The maximum atomic E-state index is 2.37. The summed E-state index contributed by atoms with van der Waals surface area (Å²) in [6.45, 7) is 0. The molecule has 0 bridgehead atoms. The van der Waals surface area contributed by atoms with Crippen molar-refractivity contribution in [2.75, 3.05) is 0 Å². The van der Waals surface area contributed by atoms with Crippen LogP contribution in [0.3, 0.4) is 0 Å². The fourth-order valence-electron chi connectivity index (χ4n) is 11.4. The molecule has 4 aliphatic rings. The Labute approximate surface area is 365 Å². The lowest BCUT2D eigenvalue weighted by molar-refractivity contribution is 0.649. The molecule has 10 radical (unpaired) electrons. The molecule has 2 saturated carbocycles. The minimum Gasteiger partial charge on any atom is -0.0622 e. The van der Waals surface area contributed by atoms with Crippen molar-refractivity contribution >= 4 is 21.5 Å². The molecule has 13 rings (SSSR count). The normalized spacial score (nSPS) is 18.3. The molecule has 0 heterocycles. The highest BCUT2D eigenvalue weighted by molar-refractivity contribution is 6.05. The van der Waals surface area contributed by atoms with Crippen molar-refractivity contribution in [3.63, 3.8) is 0 Å². The number of hydrogen-bond donors (Lipinski definition) is 0. The second-order valence-corrected chi connectivity index (χ2v) is 16.9. The fourth-order valence-corrected chi connectivity index (χ4v) is 11.4. The Morgan fingerprint density at radius 1 is 0.258 bits per heavy atom. The van der Waals surface area contributed by atoms with Crippen LogP contribution < -0.4 is 0 Å². The van der Waals surface area contributed by atoms with Gasteiger partial charge in [-0.1, -0.05) is 224 Å². The molecule has 9 aromatic rings. The van der Waals surface area contributed by atoms with Crippen LogP contribution in [0.2, 0.25) is 0 Å². The molecule has 0 N–H and O–H groups in total. The minimum absolute atomic E-state index is 0.00272. The van der Waals surface area contributed by atoms with Gasteiger partial charge in [-0.3, -0.25) is 0 Å². The second kappa shape index (κ2) is 14.6. The van der Waals surface area contributed by atoms with Crippen LogP contribution in [0.1, 0.15) is 62.4 Å². The smallest absolute Gasteiger partial charge is 0.0302 e. The predicted octanol–water partition coefficient (Wildman–Crippen LogP) is 14.3. The Hall–Kier alpha value is -6.50. The van der Waals surface area contributed by atoms with E-state index in [9.17, 15) is 0 Å². The van der Waals surface area contributed by atoms with Crippen molar-refractivity contribution in [1.29, 1.82) is 0 Å². The maximum Gasteiger partial charge on any atom is 0.0302 e. The van der Waals surface area contributed by atoms with E-state index in [1.165, 1.54) is 131 Å². The highest BCUT2D eigenvalue weighted by Crippen LogP contribution is 2.73. The van der Waals surface area contributed by atoms with E-state index in [0.717, 1.165) is 6.42 Å². The van der Waals surface area contributed by atoms with Gasteiger partial charge in [0.25, 0.3) is 0 Å². The monoisotopic (exact) mass is 784 g/mol. The summed E-state index contributed by atoms with van der Waals surface area (Å²) in [6, 6.07) is 83.8. The molecule has 9 aromatic carbocycles. The van der Waals surface area contributed by atoms with Crippen LogP contribution in [0.15, 0.2) is 224 Å². The van der Waals surface area contributed by atoms with Crippen molar-refractivity contribution in [1.82, 2.24) is 0 Å². The molecule has 62 heavy (non-hydrogen) atoms. The first-order valence-electron chi connectivity index (χ1n) is 21.9. The van der Waals surface area contributed by atoms with E-state index in [1.54, 1.807) is 0 Å². The third-order valence-electron chi connectivity index (χ3n) is 13.7. The van der Waals surface area contributed by atoms with Gasteiger partial charge in [-0.2, -0.15) is 0 Å². The largest absolute Gasteiger partial charge is 0.0622 e. The van der Waals surface area contributed by atoms with Crippen molar-refractivity contribution in [2.45, 2.75) is 12.3 Å². The summed E-state index contributed by atoms with van der Waals surface area (Å²) in [5.41, 5.74) is 11.7. The van der Waals surface area contributed by atoms with E-state index < -0.39 is 0 Å². The molecule has 0 heteroatoms. The summed E-state index contributed by atoms with van der Waals surface area (Å²) in [6.07, 6.45) is 0.804. The summed E-state index contributed by atoms with van der Waals surface area (Å²) in [5.74, 6) is 13.6. The topological polar surface area (TPSA) is 0 Å². The van der Waals surface area contributed by atoms with Crippen LogP contribution >= 0.6 is 0 Å². The van der Waals surface area contributed by atoms with E-state index in [1.807, 2.05) is 0 Å². The van der Waals surface area contributed by atoms with E-state index in [4.69, 9.17) is 0 Å². The number of rotatable bonds is 8. The Morgan fingerprint density at radius 2 is 0.565 bits per heavy atom. The molecule has 0 aromatic heterocycles. The van der Waals surface area contributed by atoms with E-state index >= 15 is 0 Å². The van der Waals surface area contributed by atoms with Gasteiger partial charge < -0.3 is 0 Å². The first kappa shape index (κ1) is 36.2. The maximum absolute atomic E-state index is 2.37. The molecule has 0 saturated heterocycles. The van der Waals surface area contributed by atoms with Gasteiger partial charge in [0.05, 0.1) is 0 Å². The first-order chi connectivity index (χ1) is 30.8. The fraction of sp³-hybridized carbons (Fsp3) is 0.0323. The third-order valence-corrected chi connectivity index (χ3v) is 13.7. The Balaban J connectivity index is 1.06. The van der Waals surface area contributed by atoms with Gasteiger partial charge in [0.2, 0.25) is 0 Å². The van der Waals surface area contributed by atoms with Crippen LogP contribution in [0.25, 0.3) is 21.5 Å². The van der Waals surface area contributed by atoms with Gasteiger partial charge in [0.1, 0.15) is 0 Å². The molecular weight excluding hydrogens is 745 g/mol. The molecule has 1 unspecified atom stereocenters. The Bertz CT molecular complexity index is 2870. The first-order valence-corrected chi connectivity index (χ1v) is 21.9. The van der Waals surface area contributed by atoms with Crippen LogP contribution in [0.4, 0.5) is 0 Å². The zero-order valence-corrected chi connectivity index (χ0v) is 34.1. The van der Waals surface area contributed by atoms with Gasteiger partial charge in [-0.05, 0) is 84.0 Å². The third kappa shape index (κ3) is 5.38. The lowest BCUT2D eigenvalue weighted by atomic mass is 9.64. The van der Waals surface area contributed by atoms with Crippen LogP contribution in [-0.4, -0.2) is 0 Å². The molecule has 0 nitrogen and oxygen atoms in total. The standard InChI is InChI=1S/C62H40/c1-6-20-39(21-7-1)50(62-56(44-26-12-4-13-27-44)60-48-36-18-32-41-33-19-37-49(53(41)48)61(60)57(62)45-28-14-5-15-29-45)38-51-54(42-22-8-2-9-23-42)58-46-34-16-30-40-31-17-35-47(52(40)46)59(58)55(51)43-24-10-3-11-25-43/h1-37,50H,38H2. The van der Waals surface area contributed by atoms with Gasteiger partial charge >= 0.3 is 0 Å². The van der Waals surface area contributed by atoms with Crippen molar-refractivity contribution in [2.24, 2.45) is 0 Å². The summed E-state index contributed by atoms with van der Waals surface area (Å²) >= 11 is 0. The lowest BCUT2D eigenvalue weighted by Gasteiger charge is -2.38. The quantitative estimate of drug-likeness (QED) is 0.144. The van der Waals surface area contributed by atoms with Crippen LogP contribution in [0, 0.1) is 59.2 Å². The van der Waals surface area contributed by atoms with Gasteiger partial charge in [0, 0.05) is 59.2 Å². The van der Waals surface area contributed by atoms with Gasteiger partial charge in [0.15, 0.2) is 0 Å². The average Bonchev–Trinajstić information content (AvgIpc) is 4.06. The zero-order valence-electron chi connectivity index (χ0n) is 34.1. The lowest BCUT2D eigenvalue weighted by Crippen LogP contribution is -2.27. The molecule has 1 atom stereocenters. The minimum atomic E-state index is -0.00272. The van der Waals surface area contributed by atoms with Gasteiger partial charge in [-0.25, -0.2) is 0 Å². The zero-order chi connectivity index (χ0) is 40.7. The molecule has 0 spiro atoms. The van der Waals surface area contributed by atoms with Crippen LogP contribution in [-0.2, 0) is 0 Å². The highest BCUT2D eigenvalue weighted by atomic mass is 14.6. The van der Waals surface area contributed by atoms with Crippen molar-refractivity contribution in [3.05, 3.63) is 334 Å². The highest BCUT2D eigenvalue weighted by Gasteiger charge is 2.62. The molecule has 0 aliphatic heterocycles. The van der Waals surface area contributed by atoms with Crippen LogP contribution in [0.5, 0.6) is 0 Å². The summed E-state index contributed by atoms with van der Waals surface area (Å²) < 4.78 is 0. The predicted molar refractivity (Wildman–Crippen MR) is 253 cm³/mol. The average molecular weight is 785 g/mol. The number of benzene rings is 9. The SMILES string of the molecule is c1ccc([C]2[C](CC([C]3[C](c4ccccc4)[C]4[C]([C]3c3ccccc3)c3cccc5cccc4c35)c3ccccc3)[C](c3ccccc3)[C]3[C]2c2cccc4cccc3c24)cc1. The summed E-state index contributed by atoms with van der Waals surface area (Å²) in [4.78, 5) is 0.